The maximum atomic E-state index is 12.2. The van der Waals surface area contributed by atoms with E-state index in [0.29, 0.717) is 17.8 Å². The number of amides is 1. The van der Waals surface area contributed by atoms with Crippen LogP contribution < -0.4 is 10.6 Å². The number of anilines is 2. The Bertz CT molecular complexity index is 504. The van der Waals surface area contributed by atoms with Crippen LogP contribution in [-0.2, 0) is 9.59 Å². The lowest BCUT2D eigenvalue weighted by atomic mass is 10.2. The van der Waals surface area contributed by atoms with Gasteiger partial charge in [0, 0.05) is 10.6 Å². The lowest BCUT2D eigenvalue weighted by molar-refractivity contribution is -0.136. The highest BCUT2D eigenvalue weighted by molar-refractivity contribution is 8.01. The number of hydrogen-bond donors (Lipinski definition) is 2. The summed E-state index contributed by atoms with van der Waals surface area (Å²) in [7, 11) is 0. The van der Waals surface area contributed by atoms with Crippen molar-refractivity contribution in [2.24, 2.45) is 0 Å². The Morgan fingerprint density at radius 1 is 1.56 bits per heavy atom. The molecule has 0 saturated carbocycles. The van der Waals surface area contributed by atoms with Crippen molar-refractivity contribution in [3.05, 3.63) is 18.2 Å². The minimum atomic E-state index is -1.03. The first-order chi connectivity index (χ1) is 8.52. The maximum absolute atomic E-state index is 12.2. The van der Waals surface area contributed by atoms with Crippen LogP contribution in [0.1, 0.15) is 13.3 Å². The fourth-order valence-electron chi connectivity index (χ4n) is 1.90. The van der Waals surface area contributed by atoms with E-state index in [1.165, 1.54) is 16.7 Å². The van der Waals surface area contributed by atoms with Crippen LogP contribution in [0.5, 0.6) is 0 Å². The van der Waals surface area contributed by atoms with Crippen LogP contribution in [0.4, 0.5) is 11.4 Å². The zero-order valence-corrected chi connectivity index (χ0v) is 10.7. The van der Waals surface area contributed by atoms with Crippen LogP contribution in [0.2, 0.25) is 0 Å². The Morgan fingerprint density at radius 3 is 2.89 bits per heavy atom. The molecule has 3 N–H and O–H groups in total. The van der Waals surface area contributed by atoms with Gasteiger partial charge >= 0.3 is 5.97 Å². The summed E-state index contributed by atoms with van der Waals surface area (Å²) in [4.78, 5) is 25.2. The van der Waals surface area contributed by atoms with E-state index in [0.717, 1.165) is 4.90 Å². The second kappa shape index (κ2) is 4.89. The number of carboxylic acids is 1. The van der Waals surface area contributed by atoms with Crippen LogP contribution in [0.15, 0.2) is 23.1 Å². The lowest BCUT2D eigenvalue weighted by Gasteiger charge is -2.32. The van der Waals surface area contributed by atoms with E-state index < -0.39 is 5.97 Å². The molecule has 0 bridgehead atoms. The van der Waals surface area contributed by atoms with E-state index in [1.807, 2.05) is 13.0 Å². The molecular weight excluding hydrogens is 252 g/mol. The number of fused-ring (bicyclic) bond motifs is 1. The highest BCUT2D eigenvalue weighted by atomic mass is 32.2. The summed E-state index contributed by atoms with van der Waals surface area (Å²) in [6, 6.07) is 5.24. The Kier molecular flexibility index (Phi) is 3.47. The topological polar surface area (TPSA) is 83.6 Å². The molecule has 0 fully saturated rings. The number of carbonyl (C=O) groups is 2. The quantitative estimate of drug-likeness (QED) is 0.811. The number of thioether (sulfide) groups is 1. The number of carbonyl (C=O) groups excluding carboxylic acids is 1. The van der Waals surface area contributed by atoms with Gasteiger partial charge in [-0.15, -0.1) is 11.8 Å². The average Bonchev–Trinajstić information content (AvgIpc) is 2.32. The molecule has 6 heteroatoms. The predicted molar refractivity (Wildman–Crippen MR) is 70.8 cm³/mol. The second-order valence-electron chi connectivity index (χ2n) is 4.06. The smallest absolute Gasteiger partial charge is 0.323 e. The number of nitrogens with zero attached hydrogens (tertiary/aromatic N) is 1. The molecule has 5 nitrogen and oxygen atoms in total. The Morgan fingerprint density at radius 2 is 2.28 bits per heavy atom. The van der Waals surface area contributed by atoms with Gasteiger partial charge in [0.1, 0.15) is 6.54 Å². The number of carboxylic acid groups (broad SMARTS) is 1. The predicted octanol–water partition coefficient (Wildman–Crippen LogP) is 1.57. The van der Waals surface area contributed by atoms with Crippen molar-refractivity contribution in [1.29, 1.82) is 0 Å². The summed E-state index contributed by atoms with van der Waals surface area (Å²) >= 11 is 1.46. The van der Waals surface area contributed by atoms with Gasteiger partial charge in [-0.2, -0.15) is 0 Å². The van der Waals surface area contributed by atoms with Gasteiger partial charge in [0.25, 0.3) is 0 Å². The first-order valence-corrected chi connectivity index (χ1v) is 6.50. The molecule has 1 amide bonds. The largest absolute Gasteiger partial charge is 0.480 e. The van der Waals surface area contributed by atoms with Crippen LogP contribution in [0.3, 0.4) is 0 Å². The van der Waals surface area contributed by atoms with Crippen molar-refractivity contribution in [2.75, 3.05) is 17.2 Å². The van der Waals surface area contributed by atoms with Crippen LogP contribution in [-0.4, -0.2) is 28.8 Å². The molecule has 1 heterocycles. The molecule has 1 aliphatic rings. The molecule has 1 aromatic carbocycles. The standard InChI is InChI=1S/C12H14N2O3S/c1-2-9-12(17)14(6-11(15)16)8-5-7(13)3-4-10(8)18-9/h3-5,9H,2,6,13H2,1H3,(H,15,16). The number of rotatable bonds is 3. The van der Waals surface area contributed by atoms with Gasteiger partial charge in [-0.25, -0.2) is 0 Å². The maximum Gasteiger partial charge on any atom is 0.323 e. The second-order valence-corrected chi connectivity index (χ2v) is 5.30. The summed E-state index contributed by atoms with van der Waals surface area (Å²) < 4.78 is 0. The summed E-state index contributed by atoms with van der Waals surface area (Å²) in [5.41, 5.74) is 6.81. The van der Waals surface area contributed by atoms with Gasteiger partial charge in [-0.3, -0.25) is 14.5 Å². The van der Waals surface area contributed by atoms with E-state index in [4.69, 9.17) is 10.8 Å². The molecule has 0 saturated heterocycles. The van der Waals surface area contributed by atoms with E-state index >= 15 is 0 Å². The number of benzene rings is 1. The van der Waals surface area contributed by atoms with Crippen molar-refractivity contribution < 1.29 is 14.7 Å². The van der Waals surface area contributed by atoms with Gasteiger partial charge < -0.3 is 10.8 Å². The molecule has 1 atom stereocenters. The summed E-state index contributed by atoms with van der Waals surface area (Å²) in [6.07, 6.45) is 0.670. The third kappa shape index (κ3) is 2.28. The normalized spacial score (nSPS) is 18.6. The van der Waals surface area contributed by atoms with E-state index in [2.05, 4.69) is 0 Å². The van der Waals surface area contributed by atoms with Crippen molar-refractivity contribution in [2.45, 2.75) is 23.5 Å². The van der Waals surface area contributed by atoms with Crippen LogP contribution >= 0.6 is 11.8 Å². The molecular formula is C12H14N2O3S. The van der Waals surface area contributed by atoms with E-state index in [1.54, 1.807) is 12.1 Å². The molecule has 1 aromatic rings. The lowest BCUT2D eigenvalue weighted by Crippen LogP contribution is -2.43. The first kappa shape index (κ1) is 12.8. The third-order valence-corrected chi connectivity index (χ3v) is 4.17. The summed E-state index contributed by atoms with van der Waals surface area (Å²) in [6.45, 7) is 1.59. The molecule has 18 heavy (non-hydrogen) atoms. The molecule has 0 aliphatic carbocycles. The SMILES string of the molecule is CCC1Sc2ccc(N)cc2N(CC(=O)O)C1=O. The highest BCUT2D eigenvalue weighted by Crippen LogP contribution is 2.41. The van der Waals surface area contributed by atoms with E-state index in [-0.39, 0.29) is 17.7 Å². The third-order valence-electron chi connectivity index (χ3n) is 2.75. The zero-order valence-electron chi connectivity index (χ0n) is 9.92. The zero-order chi connectivity index (χ0) is 13.3. The molecule has 0 radical (unpaired) electrons. The minimum Gasteiger partial charge on any atom is -0.480 e. The van der Waals surface area contributed by atoms with Gasteiger partial charge in [-0.05, 0) is 24.6 Å². The summed E-state index contributed by atoms with van der Waals surface area (Å²) in [5, 5.41) is 8.68. The van der Waals surface area contributed by atoms with Gasteiger partial charge in [0.15, 0.2) is 0 Å². The van der Waals surface area contributed by atoms with Gasteiger partial charge in [0.05, 0.1) is 10.9 Å². The van der Waals surface area contributed by atoms with Gasteiger partial charge in [0.2, 0.25) is 5.91 Å². The molecule has 1 aliphatic heterocycles. The molecule has 2 rings (SSSR count). The minimum absolute atomic E-state index is 0.164. The number of nitrogens with two attached hydrogens (primary N) is 1. The van der Waals surface area contributed by atoms with Gasteiger partial charge in [-0.1, -0.05) is 6.92 Å². The number of hydrogen-bond acceptors (Lipinski definition) is 4. The number of nitrogen functional groups attached to an aromatic ring is 1. The average molecular weight is 266 g/mol. The van der Waals surface area contributed by atoms with E-state index in [9.17, 15) is 9.59 Å². The fourth-order valence-corrected chi connectivity index (χ4v) is 3.04. The Balaban J connectivity index is 2.45. The fraction of sp³-hybridized carbons (Fsp3) is 0.333. The van der Waals surface area contributed by atoms with Crippen molar-refractivity contribution in [3.8, 4) is 0 Å². The molecule has 0 spiro atoms. The highest BCUT2D eigenvalue weighted by Gasteiger charge is 2.33. The van der Waals surface area contributed by atoms with Crippen LogP contribution in [0, 0.1) is 0 Å². The van der Waals surface area contributed by atoms with Crippen molar-refractivity contribution in [1.82, 2.24) is 0 Å². The molecule has 1 unspecified atom stereocenters. The molecule has 0 aromatic heterocycles. The Labute approximate surface area is 109 Å². The van der Waals surface area contributed by atoms with Crippen molar-refractivity contribution in [3.63, 3.8) is 0 Å². The van der Waals surface area contributed by atoms with Crippen LogP contribution in [0.25, 0.3) is 0 Å². The summed E-state index contributed by atoms with van der Waals surface area (Å²) in [5.74, 6) is -1.19. The number of aliphatic carboxylic acids is 1. The first-order valence-electron chi connectivity index (χ1n) is 5.62. The molecule has 96 valence electrons. The van der Waals surface area contributed by atoms with Crippen molar-refractivity contribution >= 4 is 35.0 Å². The Hall–Kier alpha value is -1.69. The monoisotopic (exact) mass is 266 g/mol.